The van der Waals surface area contributed by atoms with Crippen LogP contribution >= 0.6 is 22.9 Å². The number of carbonyl (C=O) groups is 2. The van der Waals surface area contributed by atoms with Crippen LogP contribution in [0.1, 0.15) is 22.4 Å². The van der Waals surface area contributed by atoms with Crippen LogP contribution < -0.4 is 5.32 Å². The van der Waals surface area contributed by atoms with Crippen LogP contribution in [0.4, 0.5) is 0 Å². The molecule has 0 radical (unpaired) electrons. The summed E-state index contributed by atoms with van der Waals surface area (Å²) in [5.74, 6) is -1.03. The molecule has 2 aromatic heterocycles. The van der Waals surface area contributed by atoms with E-state index in [1.807, 2.05) is 17.5 Å². The summed E-state index contributed by atoms with van der Waals surface area (Å²) in [5, 5.41) is 5.90. The van der Waals surface area contributed by atoms with Gasteiger partial charge in [-0.15, -0.1) is 11.3 Å². The van der Waals surface area contributed by atoms with Crippen molar-refractivity contribution < 1.29 is 18.7 Å². The molecule has 124 valence electrons. The van der Waals surface area contributed by atoms with Gasteiger partial charge in [0.25, 0.3) is 5.91 Å². The van der Waals surface area contributed by atoms with E-state index in [4.69, 9.17) is 20.8 Å². The Morgan fingerprint density at radius 2 is 2.17 bits per heavy atom. The van der Waals surface area contributed by atoms with Crippen molar-refractivity contribution in [2.75, 3.05) is 0 Å². The molecule has 0 aliphatic carbocycles. The summed E-state index contributed by atoms with van der Waals surface area (Å²) >= 11 is 7.44. The van der Waals surface area contributed by atoms with E-state index in [0.29, 0.717) is 22.5 Å². The van der Waals surface area contributed by atoms with Gasteiger partial charge in [0, 0.05) is 15.3 Å². The minimum absolute atomic E-state index is 0.0326. The molecule has 7 heteroatoms. The van der Waals surface area contributed by atoms with E-state index in [-0.39, 0.29) is 11.7 Å². The number of fused-ring (bicyclic) bond motifs is 1. The monoisotopic (exact) mass is 363 g/mol. The molecule has 1 N–H and O–H groups in total. The SMILES string of the molecule is CC(OC(=O)c1cc2cc(Cl)ccc2o1)C(=O)NCc1cccs1. The topological polar surface area (TPSA) is 68.5 Å². The van der Waals surface area contributed by atoms with E-state index in [9.17, 15) is 9.59 Å². The predicted octanol–water partition coefficient (Wildman–Crippen LogP) is 4.01. The molecule has 5 nitrogen and oxygen atoms in total. The van der Waals surface area contributed by atoms with E-state index in [0.717, 1.165) is 4.88 Å². The van der Waals surface area contributed by atoms with E-state index in [2.05, 4.69) is 5.32 Å². The average molecular weight is 364 g/mol. The first-order valence-corrected chi connectivity index (χ1v) is 8.49. The fourth-order valence-electron chi connectivity index (χ4n) is 2.12. The van der Waals surface area contributed by atoms with Gasteiger partial charge in [-0.1, -0.05) is 17.7 Å². The van der Waals surface area contributed by atoms with E-state index < -0.39 is 12.1 Å². The molecule has 0 spiro atoms. The molecule has 0 aliphatic heterocycles. The number of hydrogen-bond donors (Lipinski definition) is 1. The molecule has 0 fully saturated rings. The highest BCUT2D eigenvalue weighted by Crippen LogP contribution is 2.23. The van der Waals surface area contributed by atoms with Crippen molar-refractivity contribution in [3.05, 3.63) is 57.4 Å². The molecule has 2 heterocycles. The number of amides is 1. The van der Waals surface area contributed by atoms with Crippen molar-refractivity contribution in [1.29, 1.82) is 0 Å². The third-order valence-electron chi connectivity index (χ3n) is 3.35. The largest absolute Gasteiger partial charge is 0.449 e. The minimum atomic E-state index is -0.922. The van der Waals surface area contributed by atoms with E-state index in [1.165, 1.54) is 6.92 Å². The van der Waals surface area contributed by atoms with Gasteiger partial charge in [-0.05, 0) is 42.6 Å². The van der Waals surface area contributed by atoms with Crippen LogP contribution in [-0.4, -0.2) is 18.0 Å². The Balaban J connectivity index is 1.61. The van der Waals surface area contributed by atoms with Crippen molar-refractivity contribution >= 4 is 45.8 Å². The number of esters is 1. The molecule has 3 rings (SSSR count). The predicted molar refractivity (Wildman–Crippen MR) is 92.3 cm³/mol. The molecule has 0 saturated heterocycles. The number of thiophene rings is 1. The number of halogens is 1. The normalized spacial score (nSPS) is 12.1. The lowest BCUT2D eigenvalue weighted by Crippen LogP contribution is -2.35. The number of benzene rings is 1. The molecule has 1 unspecified atom stereocenters. The maximum absolute atomic E-state index is 12.1. The lowest BCUT2D eigenvalue weighted by atomic mass is 10.2. The Hall–Kier alpha value is -2.31. The van der Waals surface area contributed by atoms with Crippen LogP contribution in [0.5, 0.6) is 0 Å². The molecule has 24 heavy (non-hydrogen) atoms. The summed E-state index contributed by atoms with van der Waals surface area (Å²) in [7, 11) is 0. The van der Waals surface area contributed by atoms with Crippen molar-refractivity contribution in [3.8, 4) is 0 Å². The minimum Gasteiger partial charge on any atom is -0.449 e. The van der Waals surface area contributed by atoms with Crippen molar-refractivity contribution in [2.45, 2.75) is 19.6 Å². The van der Waals surface area contributed by atoms with Gasteiger partial charge in [0.1, 0.15) is 5.58 Å². The van der Waals surface area contributed by atoms with E-state index in [1.54, 1.807) is 35.6 Å². The van der Waals surface area contributed by atoms with Crippen molar-refractivity contribution in [1.82, 2.24) is 5.32 Å². The maximum atomic E-state index is 12.1. The summed E-state index contributed by atoms with van der Waals surface area (Å²) < 4.78 is 10.6. The number of ether oxygens (including phenoxy) is 1. The molecule has 1 amide bonds. The number of furan rings is 1. The fraction of sp³-hybridized carbons (Fsp3) is 0.176. The van der Waals surface area contributed by atoms with Gasteiger partial charge in [0.05, 0.1) is 6.54 Å². The maximum Gasteiger partial charge on any atom is 0.375 e. The van der Waals surface area contributed by atoms with Gasteiger partial charge in [-0.25, -0.2) is 4.79 Å². The van der Waals surface area contributed by atoms with Gasteiger partial charge in [-0.3, -0.25) is 4.79 Å². The van der Waals surface area contributed by atoms with E-state index >= 15 is 0 Å². The standard InChI is InChI=1S/C17H14ClNO4S/c1-10(16(20)19-9-13-3-2-6-24-13)22-17(21)15-8-11-7-12(18)4-5-14(11)23-15/h2-8,10H,9H2,1H3,(H,19,20). The lowest BCUT2D eigenvalue weighted by molar-refractivity contribution is -0.129. The van der Waals surface area contributed by atoms with Crippen molar-refractivity contribution in [3.63, 3.8) is 0 Å². The zero-order valence-corrected chi connectivity index (χ0v) is 14.3. The highest BCUT2D eigenvalue weighted by Gasteiger charge is 2.21. The Bertz CT molecular complexity index is 872. The van der Waals surface area contributed by atoms with Crippen molar-refractivity contribution in [2.24, 2.45) is 0 Å². The van der Waals surface area contributed by atoms with Gasteiger partial charge in [-0.2, -0.15) is 0 Å². The number of rotatable bonds is 5. The lowest BCUT2D eigenvalue weighted by Gasteiger charge is -2.12. The molecule has 3 aromatic rings. The quantitative estimate of drug-likeness (QED) is 0.695. The highest BCUT2D eigenvalue weighted by molar-refractivity contribution is 7.09. The van der Waals surface area contributed by atoms with Gasteiger partial charge < -0.3 is 14.5 Å². The summed E-state index contributed by atoms with van der Waals surface area (Å²) in [4.78, 5) is 25.1. The number of carbonyl (C=O) groups excluding carboxylic acids is 2. The Morgan fingerprint density at radius 3 is 2.92 bits per heavy atom. The second-order valence-corrected chi connectivity index (χ2v) is 6.61. The molecule has 0 bridgehead atoms. The summed E-state index contributed by atoms with van der Waals surface area (Å²) in [6, 6.07) is 10.4. The molecule has 1 atom stereocenters. The summed E-state index contributed by atoms with van der Waals surface area (Å²) in [6.07, 6.45) is -0.922. The Labute approximate surface area is 147 Å². The molecule has 0 aliphatic rings. The summed E-state index contributed by atoms with van der Waals surface area (Å²) in [6.45, 7) is 1.92. The second kappa shape index (κ2) is 7.07. The third kappa shape index (κ3) is 3.77. The Kier molecular flexibility index (Phi) is 4.87. The third-order valence-corrected chi connectivity index (χ3v) is 4.46. The van der Waals surface area contributed by atoms with Gasteiger partial charge in [0.15, 0.2) is 6.10 Å². The Morgan fingerprint density at radius 1 is 1.33 bits per heavy atom. The second-order valence-electron chi connectivity index (χ2n) is 5.14. The van der Waals surface area contributed by atoms with Crippen LogP contribution in [0.3, 0.4) is 0 Å². The smallest absolute Gasteiger partial charge is 0.375 e. The zero-order chi connectivity index (χ0) is 17.1. The van der Waals surface area contributed by atoms with Crippen LogP contribution in [0, 0.1) is 0 Å². The van der Waals surface area contributed by atoms with Crippen LogP contribution in [0.2, 0.25) is 5.02 Å². The van der Waals surface area contributed by atoms with Gasteiger partial charge >= 0.3 is 5.97 Å². The fourth-order valence-corrected chi connectivity index (χ4v) is 2.94. The zero-order valence-electron chi connectivity index (χ0n) is 12.7. The van der Waals surface area contributed by atoms with Gasteiger partial charge in [0.2, 0.25) is 5.76 Å². The highest BCUT2D eigenvalue weighted by atomic mass is 35.5. The van der Waals surface area contributed by atoms with Crippen LogP contribution in [0.15, 0.2) is 46.2 Å². The molecule has 0 saturated carbocycles. The first-order valence-electron chi connectivity index (χ1n) is 7.23. The first-order chi connectivity index (χ1) is 11.5. The van der Waals surface area contributed by atoms with Crippen LogP contribution in [-0.2, 0) is 16.1 Å². The molecular weight excluding hydrogens is 350 g/mol. The number of nitrogens with one attached hydrogen (secondary N) is 1. The first kappa shape index (κ1) is 16.5. The number of hydrogen-bond acceptors (Lipinski definition) is 5. The molecular formula is C17H14ClNO4S. The summed E-state index contributed by atoms with van der Waals surface area (Å²) in [5.41, 5.74) is 0.529. The average Bonchev–Trinajstić information content (AvgIpc) is 3.21. The van der Waals surface area contributed by atoms with Crippen LogP contribution in [0.25, 0.3) is 11.0 Å². The molecule has 1 aromatic carbocycles.